The van der Waals surface area contributed by atoms with E-state index in [-0.39, 0.29) is 11.3 Å². The molecular weight excluding hydrogens is 359 g/mol. The zero-order chi connectivity index (χ0) is 20.1. The quantitative estimate of drug-likeness (QED) is 0.637. The second-order valence-corrected chi connectivity index (χ2v) is 7.95. The van der Waals surface area contributed by atoms with E-state index in [4.69, 9.17) is 4.42 Å². The SMILES string of the molecule is Cc1oc(C(C)(C)C)cc1-c1cc(N=CC2C(=O)Nc3cc(F)ccc32)n[nH]1. The van der Waals surface area contributed by atoms with E-state index < -0.39 is 11.7 Å². The summed E-state index contributed by atoms with van der Waals surface area (Å²) in [6, 6.07) is 8.05. The molecule has 1 amide bonds. The third-order valence-corrected chi connectivity index (χ3v) is 4.76. The first-order valence-electron chi connectivity index (χ1n) is 9.03. The lowest BCUT2D eigenvalue weighted by Crippen LogP contribution is -2.12. The van der Waals surface area contributed by atoms with Crippen LogP contribution in [0.25, 0.3) is 11.3 Å². The summed E-state index contributed by atoms with van der Waals surface area (Å²) < 4.78 is 19.2. The van der Waals surface area contributed by atoms with Crippen molar-refractivity contribution in [2.75, 3.05) is 5.32 Å². The molecule has 0 spiro atoms. The number of carbonyl (C=O) groups is 1. The van der Waals surface area contributed by atoms with Gasteiger partial charge >= 0.3 is 0 Å². The van der Waals surface area contributed by atoms with Crippen molar-refractivity contribution < 1.29 is 13.6 Å². The molecule has 2 N–H and O–H groups in total. The summed E-state index contributed by atoms with van der Waals surface area (Å²) in [7, 11) is 0. The zero-order valence-corrected chi connectivity index (χ0v) is 16.1. The van der Waals surface area contributed by atoms with E-state index in [9.17, 15) is 9.18 Å². The van der Waals surface area contributed by atoms with Gasteiger partial charge in [0.15, 0.2) is 5.82 Å². The van der Waals surface area contributed by atoms with Gasteiger partial charge in [-0.3, -0.25) is 9.89 Å². The number of nitrogens with one attached hydrogen (secondary N) is 2. The molecule has 1 aliphatic rings. The summed E-state index contributed by atoms with van der Waals surface area (Å²) in [6.07, 6.45) is 1.53. The number of furan rings is 1. The van der Waals surface area contributed by atoms with Crippen molar-refractivity contribution in [2.24, 2.45) is 4.99 Å². The molecule has 28 heavy (non-hydrogen) atoms. The first kappa shape index (κ1) is 18.2. The Kier molecular flexibility index (Phi) is 4.18. The normalized spacial score (nSPS) is 16.6. The van der Waals surface area contributed by atoms with E-state index in [2.05, 4.69) is 41.3 Å². The summed E-state index contributed by atoms with van der Waals surface area (Å²) in [4.78, 5) is 16.5. The number of aliphatic imine (C=N–C) groups is 1. The highest BCUT2D eigenvalue weighted by atomic mass is 19.1. The standard InChI is InChI=1S/C21H21FN4O2/c1-11-14(8-18(28-11)21(2,3)4)17-9-19(26-25-17)23-10-15-13-6-5-12(22)7-16(13)24-20(15)27/h5-10,15H,1-4H3,(H,24,27)(H,25,26). The molecule has 4 rings (SSSR count). The van der Waals surface area contributed by atoms with E-state index in [0.29, 0.717) is 17.1 Å². The molecule has 144 valence electrons. The molecule has 2 aromatic heterocycles. The van der Waals surface area contributed by atoms with Crippen molar-refractivity contribution >= 4 is 23.6 Å². The van der Waals surface area contributed by atoms with Gasteiger partial charge in [0.05, 0.1) is 5.69 Å². The maximum Gasteiger partial charge on any atom is 0.237 e. The Morgan fingerprint density at radius 3 is 2.75 bits per heavy atom. The van der Waals surface area contributed by atoms with Gasteiger partial charge in [0, 0.05) is 28.9 Å². The number of rotatable bonds is 3. The number of hydrogen-bond donors (Lipinski definition) is 2. The number of aryl methyl sites for hydroxylation is 1. The highest BCUT2D eigenvalue weighted by molar-refractivity contribution is 6.12. The molecule has 1 atom stereocenters. The summed E-state index contributed by atoms with van der Waals surface area (Å²) >= 11 is 0. The number of aromatic amines is 1. The number of hydrogen-bond acceptors (Lipinski definition) is 4. The smallest absolute Gasteiger partial charge is 0.237 e. The minimum atomic E-state index is -0.570. The van der Waals surface area contributed by atoms with Crippen molar-refractivity contribution in [3.63, 3.8) is 0 Å². The Balaban J connectivity index is 1.58. The maximum atomic E-state index is 13.3. The molecule has 1 aromatic carbocycles. The third-order valence-electron chi connectivity index (χ3n) is 4.76. The van der Waals surface area contributed by atoms with E-state index in [1.807, 2.05) is 13.0 Å². The Morgan fingerprint density at radius 2 is 2.04 bits per heavy atom. The largest absolute Gasteiger partial charge is 0.465 e. The van der Waals surface area contributed by atoms with Crippen LogP contribution in [-0.2, 0) is 10.2 Å². The fourth-order valence-electron chi connectivity index (χ4n) is 3.19. The first-order valence-corrected chi connectivity index (χ1v) is 9.03. The van der Waals surface area contributed by atoms with Crippen molar-refractivity contribution in [2.45, 2.75) is 39.0 Å². The number of amides is 1. The zero-order valence-electron chi connectivity index (χ0n) is 16.1. The minimum absolute atomic E-state index is 0.0906. The minimum Gasteiger partial charge on any atom is -0.465 e. The molecule has 3 heterocycles. The van der Waals surface area contributed by atoms with E-state index >= 15 is 0 Å². The molecule has 3 aromatic rings. The number of fused-ring (bicyclic) bond motifs is 1. The van der Waals surface area contributed by atoms with Gasteiger partial charge in [0.1, 0.15) is 23.3 Å². The van der Waals surface area contributed by atoms with Crippen LogP contribution in [0.4, 0.5) is 15.9 Å². The predicted molar refractivity (Wildman–Crippen MR) is 106 cm³/mol. The van der Waals surface area contributed by atoms with Crippen LogP contribution in [0.3, 0.4) is 0 Å². The Bertz CT molecular complexity index is 1090. The second-order valence-electron chi connectivity index (χ2n) is 7.95. The molecule has 0 saturated heterocycles. The average Bonchev–Trinajstić information content (AvgIpc) is 3.29. The molecule has 1 unspecified atom stereocenters. The molecule has 0 bridgehead atoms. The fourth-order valence-corrected chi connectivity index (χ4v) is 3.19. The van der Waals surface area contributed by atoms with Crippen LogP contribution in [0.5, 0.6) is 0 Å². The van der Waals surface area contributed by atoms with Gasteiger partial charge in [-0.1, -0.05) is 26.8 Å². The Morgan fingerprint density at radius 1 is 1.25 bits per heavy atom. The van der Waals surface area contributed by atoms with Gasteiger partial charge in [-0.25, -0.2) is 9.38 Å². The lowest BCUT2D eigenvalue weighted by atomic mass is 9.93. The number of aromatic nitrogens is 2. The molecule has 0 fully saturated rings. The second kappa shape index (κ2) is 6.44. The Hall–Kier alpha value is -3.22. The summed E-state index contributed by atoms with van der Waals surface area (Å²) in [5.41, 5.74) is 2.81. The monoisotopic (exact) mass is 380 g/mol. The third kappa shape index (κ3) is 3.24. The van der Waals surface area contributed by atoms with Gasteiger partial charge in [0.25, 0.3) is 0 Å². The van der Waals surface area contributed by atoms with Gasteiger partial charge in [-0.05, 0) is 30.7 Å². The van der Waals surface area contributed by atoms with Crippen LogP contribution in [-0.4, -0.2) is 22.3 Å². The molecular formula is C21H21FN4O2. The lowest BCUT2D eigenvalue weighted by molar-refractivity contribution is -0.115. The van der Waals surface area contributed by atoms with Gasteiger partial charge in [-0.2, -0.15) is 5.10 Å². The van der Waals surface area contributed by atoms with Crippen LogP contribution in [0.15, 0.2) is 39.7 Å². The molecule has 0 radical (unpaired) electrons. The Labute approximate surface area is 161 Å². The van der Waals surface area contributed by atoms with Gasteiger partial charge < -0.3 is 9.73 Å². The highest BCUT2D eigenvalue weighted by Crippen LogP contribution is 2.34. The van der Waals surface area contributed by atoms with Crippen molar-refractivity contribution in [3.05, 3.63) is 53.2 Å². The van der Waals surface area contributed by atoms with Gasteiger partial charge in [0.2, 0.25) is 5.91 Å². The predicted octanol–water partition coefficient (Wildman–Crippen LogP) is 4.85. The summed E-state index contributed by atoms with van der Waals surface area (Å²) in [6.45, 7) is 8.18. The first-order chi connectivity index (χ1) is 13.2. The maximum absolute atomic E-state index is 13.3. The van der Waals surface area contributed by atoms with Crippen LogP contribution in [0.2, 0.25) is 0 Å². The van der Waals surface area contributed by atoms with Gasteiger partial charge in [-0.15, -0.1) is 0 Å². The highest BCUT2D eigenvalue weighted by Gasteiger charge is 2.29. The van der Waals surface area contributed by atoms with E-state index in [0.717, 1.165) is 22.8 Å². The number of carbonyl (C=O) groups excluding carboxylic acids is 1. The van der Waals surface area contributed by atoms with Crippen molar-refractivity contribution in [3.8, 4) is 11.3 Å². The molecule has 0 saturated carbocycles. The number of halogens is 1. The van der Waals surface area contributed by atoms with Crippen molar-refractivity contribution in [1.82, 2.24) is 10.2 Å². The van der Waals surface area contributed by atoms with Crippen LogP contribution in [0, 0.1) is 12.7 Å². The number of benzene rings is 1. The molecule has 6 nitrogen and oxygen atoms in total. The summed E-state index contributed by atoms with van der Waals surface area (Å²) in [5.74, 6) is 0.954. The average molecular weight is 380 g/mol. The van der Waals surface area contributed by atoms with E-state index in [1.165, 1.54) is 18.3 Å². The lowest BCUT2D eigenvalue weighted by Gasteiger charge is -2.13. The molecule has 0 aliphatic carbocycles. The van der Waals surface area contributed by atoms with Crippen molar-refractivity contribution in [1.29, 1.82) is 0 Å². The van der Waals surface area contributed by atoms with E-state index in [1.54, 1.807) is 12.1 Å². The summed E-state index contributed by atoms with van der Waals surface area (Å²) in [5, 5.41) is 9.84. The molecule has 7 heteroatoms. The fraction of sp³-hybridized carbons (Fsp3) is 0.286. The van der Waals surface area contributed by atoms with Crippen LogP contribution >= 0.6 is 0 Å². The van der Waals surface area contributed by atoms with Crippen LogP contribution in [0.1, 0.15) is 43.8 Å². The topological polar surface area (TPSA) is 83.3 Å². The van der Waals surface area contributed by atoms with Crippen LogP contribution < -0.4 is 5.32 Å². The number of H-pyrrole nitrogens is 1. The number of anilines is 1. The number of nitrogens with zero attached hydrogens (tertiary/aromatic N) is 2. The molecule has 1 aliphatic heterocycles.